The van der Waals surface area contributed by atoms with Gasteiger partial charge in [0.05, 0.1) is 16.9 Å². The number of fused-ring (bicyclic) bond motifs is 3. The van der Waals surface area contributed by atoms with Gasteiger partial charge in [-0.05, 0) is 49.2 Å². The van der Waals surface area contributed by atoms with E-state index in [0.29, 0.717) is 26.1 Å². The number of hydrogen-bond acceptors (Lipinski definition) is 5. The largest absolute Gasteiger partial charge is 0.368 e. The minimum absolute atomic E-state index is 0.0411. The molecule has 2 aliphatic heterocycles. The first kappa shape index (κ1) is 19.2. The molecule has 2 aromatic carbocycles. The normalized spacial score (nSPS) is 20.6. The zero-order valence-electron chi connectivity index (χ0n) is 16.2. The maximum Gasteiger partial charge on any atom is 0.269 e. The second-order valence-electron chi connectivity index (χ2n) is 7.46. The maximum absolute atomic E-state index is 13.3. The van der Waals surface area contributed by atoms with Gasteiger partial charge in [0.2, 0.25) is 5.91 Å². The number of nitrogens with one attached hydrogen (secondary N) is 1. The Morgan fingerprint density at radius 2 is 2.00 bits per heavy atom. The quantitative estimate of drug-likeness (QED) is 0.633. The molecule has 0 aromatic heterocycles. The summed E-state index contributed by atoms with van der Waals surface area (Å²) in [7, 11) is 0. The van der Waals surface area contributed by atoms with E-state index >= 15 is 0 Å². The molecule has 2 aliphatic rings. The monoisotopic (exact) mass is 398 g/mol. The lowest BCUT2D eigenvalue weighted by atomic mass is 9.83. The van der Waals surface area contributed by atoms with E-state index in [1.807, 2.05) is 6.92 Å². The highest BCUT2D eigenvalue weighted by Gasteiger charge is 2.41. The summed E-state index contributed by atoms with van der Waals surface area (Å²) in [5, 5.41) is 14.1. The van der Waals surface area contributed by atoms with Gasteiger partial charge in [-0.15, -0.1) is 0 Å². The highest BCUT2D eigenvalue weighted by molar-refractivity contribution is 5.82. The van der Waals surface area contributed by atoms with Crippen LogP contribution in [0.3, 0.4) is 0 Å². The Balaban J connectivity index is 1.67. The molecule has 2 heterocycles. The maximum atomic E-state index is 13.3. The zero-order chi connectivity index (χ0) is 20.5. The molecule has 2 atom stereocenters. The fourth-order valence-corrected chi connectivity index (χ4v) is 4.41. The molecule has 0 unspecified atom stereocenters. The number of nitro groups is 1. The van der Waals surface area contributed by atoms with E-state index < -0.39 is 4.92 Å². The van der Waals surface area contributed by atoms with Crippen LogP contribution in [0.25, 0.3) is 0 Å². The summed E-state index contributed by atoms with van der Waals surface area (Å²) in [6.07, 6.45) is 0.460. The fraction of sp³-hybridized carbons (Fsp3) is 0.381. The molecule has 4 rings (SSSR count). The van der Waals surface area contributed by atoms with Crippen LogP contribution < -0.4 is 15.1 Å². The van der Waals surface area contributed by atoms with Gasteiger partial charge in [-0.3, -0.25) is 14.9 Å². The molecule has 1 fully saturated rings. The van der Waals surface area contributed by atoms with Gasteiger partial charge in [-0.25, -0.2) is 4.39 Å². The smallest absolute Gasteiger partial charge is 0.269 e. The van der Waals surface area contributed by atoms with Crippen molar-refractivity contribution in [2.45, 2.75) is 19.4 Å². The highest BCUT2D eigenvalue weighted by Crippen LogP contribution is 2.38. The number of nitro benzene ring substituents is 1. The van der Waals surface area contributed by atoms with Crippen LogP contribution in [0.5, 0.6) is 0 Å². The number of anilines is 2. The molecule has 0 spiro atoms. The first-order valence-electron chi connectivity index (χ1n) is 9.80. The summed E-state index contributed by atoms with van der Waals surface area (Å²) >= 11 is 0. The van der Waals surface area contributed by atoms with Gasteiger partial charge in [0.25, 0.3) is 5.69 Å². The molecule has 1 saturated heterocycles. The second kappa shape index (κ2) is 7.69. The molecule has 2 aromatic rings. The molecular weight excluding hydrogens is 375 g/mol. The number of halogens is 1. The Morgan fingerprint density at radius 1 is 1.24 bits per heavy atom. The average molecular weight is 398 g/mol. The van der Waals surface area contributed by atoms with Crippen molar-refractivity contribution < 1.29 is 14.1 Å². The Labute approximate surface area is 168 Å². The van der Waals surface area contributed by atoms with Crippen molar-refractivity contribution in [2.24, 2.45) is 5.92 Å². The minimum Gasteiger partial charge on any atom is -0.368 e. The number of carbonyl (C=O) groups is 1. The Bertz CT molecular complexity index is 934. The van der Waals surface area contributed by atoms with Crippen molar-refractivity contribution in [2.75, 3.05) is 36.0 Å². The van der Waals surface area contributed by atoms with Crippen molar-refractivity contribution in [1.82, 2.24) is 5.32 Å². The van der Waals surface area contributed by atoms with Crippen molar-refractivity contribution in [3.8, 4) is 0 Å². The lowest BCUT2D eigenvalue weighted by molar-refractivity contribution is -0.384. The second-order valence-corrected chi connectivity index (χ2v) is 7.46. The SMILES string of the molecule is CCNC(=O)[C@H]1Cc2cc([N+](=O)[O-])ccc2N2CCN(c3ccc(F)cc3)C[C@H]12. The van der Waals surface area contributed by atoms with Gasteiger partial charge >= 0.3 is 0 Å². The van der Waals surface area contributed by atoms with Gasteiger partial charge in [-0.1, -0.05) is 0 Å². The van der Waals surface area contributed by atoms with E-state index in [4.69, 9.17) is 0 Å². The van der Waals surface area contributed by atoms with Crippen molar-refractivity contribution in [1.29, 1.82) is 0 Å². The number of amides is 1. The van der Waals surface area contributed by atoms with Gasteiger partial charge in [0.1, 0.15) is 5.82 Å². The number of piperazine rings is 1. The van der Waals surface area contributed by atoms with Crippen molar-refractivity contribution >= 4 is 23.0 Å². The Hall–Kier alpha value is -3.16. The molecule has 7 nitrogen and oxygen atoms in total. The van der Waals surface area contributed by atoms with Crippen LogP contribution in [0.4, 0.5) is 21.5 Å². The molecule has 0 bridgehead atoms. The molecule has 0 radical (unpaired) electrons. The Morgan fingerprint density at radius 3 is 2.69 bits per heavy atom. The number of benzene rings is 2. The van der Waals surface area contributed by atoms with Gasteiger partial charge < -0.3 is 15.1 Å². The molecule has 152 valence electrons. The number of nitrogens with zero attached hydrogens (tertiary/aromatic N) is 3. The molecule has 29 heavy (non-hydrogen) atoms. The lowest BCUT2D eigenvalue weighted by Crippen LogP contribution is -2.61. The molecule has 0 saturated carbocycles. The van der Waals surface area contributed by atoms with Gasteiger partial charge in [-0.2, -0.15) is 0 Å². The van der Waals surface area contributed by atoms with Crippen LogP contribution in [0, 0.1) is 21.8 Å². The van der Waals surface area contributed by atoms with Crippen molar-refractivity contribution in [3.05, 3.63) is 64.0 Å². The summed E-state index contributed by atoms with van der Waals surface area (Å²) in [4.78, 5) is 28.0. The number of carbonyl (C=O) groups excluding carboxylic acids is 1. The number of non-ortho nitro benzene ring substituents is 1. The standard InChI is InChI=1S/C21H23FN4O3/c1-2-23-21(27)18-12-14-11-17(26(28)29)7-8-19(14)25-10-9-24(13-20(18)25)16-5-3-15(22)4-6-16/h3-8,11,18,20H,2,9-10,12-13H2,1H3,(H,23,27)/t18-,20+/m0/s1. The molecule has 8 heteroatoms. The number of hydrogen-bond donors (Lipinski definition) is 1. The van der Waals surface area contributed by atoms with Crippen LogP contribution in [-0.4, -0.2) is 43.1 Å². The molecular formula is C21H23FN4O3. The zero-order valence-corrected chi connectivity index (χ0v) is 16.2. The van der Waals surface area contributed by atoms with E-state index in [9.17, 15) is 19.3 Å². The minimum atomic E-state index is -0.403. The first-order chi connectivity index (χ1) is 14.0. The summed E-state index contributed by atoms with van der Waals surface area (Å²) in [6, 6.07) is 11.2. The summed E-state index contributed by atoms with van der Waals surface area (Å²) < 4.78 is 13.3. The average Bonchev–Trinajstić information content (AvgIpc) is 2.73. The van der Waals surface area contributed by atoms with Crippen LogP contribution in [0.1, 0.15) is 12.5 Å². The van der Waals surface area contributed by atoms with E-state index in [1.165, 1.54) is 18.2 Å². The lowest BCUT2D eigenvalue weighted by Gasteiger charge is -2.49. The molecule has 1 amide bonds. The topological polar surface area (TPSA) is 78.7 Å². The van der Waals surface area contributed by atoms with E-state index in [-0.39, 0.29) is 29.4 Å². The summed E-state index contributed by atoms with van der Waals surface area (Å²) in [5.74, 6) is -0.630. The third-order valence-corrected chi connectivity index (χ3v) is 5.79. The predicted octanol–water partition coefficient (Wildman–Crippen LogP) is 2.74. The highest BCUT2D eigenvalue weighted by atomic mass is 19.1. The fourth-order valence-electron chi connectivity index (χ4n) is 4.41. The Kier molecular flexibility index (Phi) is 5.08. The predicted molar refractivity (Wildman–Crippen MR) is 109 cm³/mol. The van der Waals surface area contributed by atoms with E-state index in [1.54, 1.807) is 24.3 Å². The summed E-state index contributed by atoms with van der Waals surface area (Å²) in [6.45, 7) is 4.45. The van der Waals surface area contributed by atoms with Crippen molar-refractivity contribution in [3.63, 3.8) is 0 Å². The van der Waals surface area contributed by atoms with Crippen LogP contribution in [0.15, 0.2) is 42.5 Å². The first-order valence-corrected chi connectivity index (χ1v) is 9.80. The van der Waals surface area contributed by atoms with Crippen LogP contribution in [0.2, 0.25) is 0 Å². The third kappa shape index (κ3) is 3.62. The van der Waals surface area contributed by atoms with E-state index in [2.05, 4.69) is 15.1 Å². The van der Waals surface area contributed by atoms with Crippen LogP contribution in [-0.2, 0) is 11.2 Å². The molecule has 1 N–H and O–H groups in total. The van der Waals surface area contributed by atoms with Gasteiger partial charge in [0.15, 0.2) is 0 Å². The third-order valence-electron chi connectivity index (χ3n) is 5.79. The van der Waals surface area contributed by atoms with E-state index in [0.717, 1.165) is 23.5 Å². The van der Waals surface area contributed by atoms with Crippen LogP contribution >= 0.6 is 0 Å². The summed E-state index contributed by atoms with van der Waals surface area (Å²) in [5.41, 5.74) is 2.76. The number of rotatable bonds is 4. The molecule has 0 aliphatic carbocycles. The van der Waals surface area contributed by atoms with Gasteiger partial charge in [0, 0.05) is 49.7 Å².